The van der Waals surface area contributed by atoms with Crippen molar-refractivity contribution < 1.29 is 28.4 Å². The van der Waals surface area contributed by atoms with Crippen LogP contribution in [-0.4, -0.2) is 35.5 Å². The van der Waals surface area contributed by atoms with Crippen LogP contribution in [0.2, 0.25) is 0 Å². The second-order valence-corrected chi connectivity index (χ2v) is 9.17. The number of ether oxygens (including phenoxy) is 6. The maximum Gasteiger partial charge on any atom is 0.135 e. The Hall–Kier alpha value is -4.58. The van der Waals surface area contributed by atoms with Gasteiger partial charge in [-0.3, -0.25) is 0 Å². The Kier molecular flexibility index (Phi) is 7.64. The predicted octanol–water partition coefficient (Wildman–Crippen LogP) is 7.17. The van der Waals surface area contributed by atoms with E-state index in [0.717, 1.165) is 62.3 Å². The van der Waals surface area contributed by atoms with Crippen LogP contribution in [0.1, 0.15) is 39.8 Å². The molecule has 5 rings (SSSR count). The molecule has 0 amide bonds. The van der Waals surface area contributed by atoms with Gasteiger partial charge in [0.25, 0.3) is 0 Å². The fraction of sp³-hybridized carbons (Fsp3) is 0.212. The highest BCUT2D eigenvalue weighted by Crippen LogP contribution is 2.53. The summed E-state index contributed by atoms with van der Waals surface area (Å²) >= 11 is 0. The minimum absolute atomic E-state index is 0.140. The molecule has 0 spiro atoms. The van der Waals surface area contributed by atoms with E-state index in [4.69, 9.17) is 28.4 Å². The first-order valence-corrected chi connectivity index (χ1v) is 12.6. The third-order valence-corrected chi connectivity index (χ3v) is 7.00. The molecule has 1 aliphatic rings. The first kappa shape index (κ1) is 26.0. The minimum atomic E-state index is -0.289. The summed E-state index contributed by atoms with van der Waals surface area (Å²) in [6.07, 6.45) is 3.90. The predicted molar refractivity (Wildman–Crippen MR) is 153 cm³/mol. The van der Waals surface area contributed by atoms with E-state index >= 15 is 0 Å². The molecule has 39 heavy (non-hydrogen) atoms. The molecule has 0 aliphatic carbocycles. The van der Waals surface area contributed by atoms with Gasteiger partial charge < -0.3 is 28.4 Å². The van der Waals surface area contributed by atoms with Gasteiger partial charge in [-0.15, -0.1) is 0 Å². The van der Waals surface area contributed by atoms with Crippen molar-refractivity contribution in [2.24, 2.45) is 0 Å². The van der Waals surface area contributed by atoms with E-state index in [2.05, 4.69) is 12.2 Å². The van der Waals surface area contributed by atoms with Crippen molar-refractivity contribution in [2.75, 3.05) is 35.5 Å². The van der Waals surface area contributed by atoms with Gasteiger partial charge in [0.15, 0.2) is 0 Å². The lowest BCUT2D eigenvalue weighted by Gasteiger charge is -2.22. The van der Waals surface area contributed by atoms with E-state index < -0.39 is 0 Å². The van der Waals surface area contributed by atoms with Crippen LogP contribution in [0.4, 0.5) is 0 Å². The van der Waals surface area contributed by atoms with Crippen molar-refractivity contribution >= 4 is 12.2 Å². The van der Waals surface area contributed by atoms with Crippen LogP contribution in [0.5, 0.6) is 34.5 Å². The van der Waals surface area contributed by atoms with Crippen molar-refractivity contribution in [3.8, 4) is 34.5 Å². The molecule has 0 N–H and O–H groups in total. The van der Waals surface area contributed by atoms with Gasteiger partial charge in [0.1, 0.15) is 40.6 Å². The lowest BCUT2D eigenvalue weighted by molar-refractivity contribution is 0.221. The van der Waals surface area contributed by atoms with Gasteiger partial charge in [0, 0.05) is 17.7 Å². The fourth-order valence-corrected chi connectivity index (χ4v) is 4.97. The summed E-state index contributed by atoms with van der Waals surface area (Å²) in [7, 11) is 8.31. The molecule has 4 aromatic carbocycles. The lowest BCUT2D eigenvalue weighted by Crippen LogP contribution is -2.12. The summed E-state index contributed by atoms with van der Waals surface area (Å²) in [5.41, 5.74) is 5.18. The van der Waals surface area contributed by atoms with Crippen molar-refractivity contribution in [2.45, 2.75) is 12.0 Å². The van der Waals surface area contributed by atoms with E-state index in [1.807, 2.05) is 78.9 Å². The van der Waals surface area contributed by atoms with Gasteiger partial charge in [-0.2, -0.15) is 0 Å². The zero-order valence-electron chi connectivity index (χ0n) is 22.8. The molecule has 1 aliphatic heterocycles. The molecule has 6 nitrogen and oxygen atoms in total. The number of hydrogen-bond donors (Lipinski definition) is 0. The smallest absolute Gasteiger partial charge is 0.135 e. The number of fused-ring (bicyclic) bond motifs is 1. The highest BCUT2D eigenvalue weighted by atomic mass is 16.5. The van der Waals surface area contributed by atoms with Crippen molar-refractivity contribution in [1.82, 2.24) is 0 Å². The Bertz CT molecular complexity index is 1440. The van der Waals surface area contributed by atoms with Gasteiger partial charge in [-0.25, -0.2) is 0 Å². The molecule has 2 atom stereocenters. The van der Waals surface area contributed by atoms with Crippen LogP contribution >= 0.6 is 0 Å². The number of benzene rings is 4. The summed E-state index contributed by atoms with van der Waals surface area (Å²) < 4.78 is 34.3. The molecule has 0 fully saturated rings. The van der Waals surface area contributed by atoms with Crippen LogP contribution in [0, 0.1) is 0 Å². The van der Waals surface area contributed by atoms with Gasteiger partial charge in [-0.05, 0) is 64.7 Å². The van der Waals surface area contributed by atoms with Gasteiger partial charge in [0.05, 0.1) is 41.5 Å². The third-order valence-electron chi connectivity index (χ3n) is 7.00. The van der Waals surface area contributed by atoms with Crippen LogP contribution in [0.3, 0.4) is 0 Å². The molecule has 1 heterocycles. The first-order chi connectivity index (χ1) is 19.1. The van der Waals surface area contributed by atoms with Crippen LogP contribution < -0.4 is 28.4 Å². The topological polar surface area (TPSA) is 55.4 Å². The van der Waals surface area contributed by atoms with E-state index in [1.54, 1.807) is 35.5 Å². The number of hydrogen-bond acceptors (Lipinski definition) is 6. The average Bonchev–Trinajstić information content (AvgIpc) is 3.39. The molecule has 6 heteroatoms. The van der Waals surface area contributed by atoms with Crippen LogP contribution in [0.25, 0.3) is 12.2 Å². The molecular formula is C33H32O6. The second-order valence-electron chi connectivity index (χ2n) is 9.17. The molecule has 0 aromatic heterocycles. The van der Waals surface area contributed by atoms with E-state index in [0.29, 0.717) is 0 Å². The van der Waals surface area contributed by atoms with Gasteiger partial charge in [-0.1, -0.05) is 36.4 Å². The maximum atomic E-state index is 6.69. The molecule has 0 bridgehead atoms. The molecule has 4 aromatic rings. The summed E-state index contributed by atoms with van der Waals surface area (Å²) in [5, 5.41) is 0. The second kappa shape index (κ2) is 11.4. The van der Waals surface area contributed by atoms with Crippen LogP contribution in [-0.2, 0) is 0 Å². The van der Waals surface area contributed by atoms with Crippen molar-refractivity contribution in [3.05, 3.63) is 107 Å². The third kappa shape index (κ3) is 5.36. The first-order valence-electron chi connectivity index (χ1n) is 12.6. The largest absolute Gasteiger partial charge is 0.497 e. The van der Waals surface area contributed by atoms with Crippen LogP contribution in [0.15, 0.2) is 78.9 Å². The van der Waals surface area contributed by atoms with Crippen molar-refractivity contribution in [1.29, 1.82) is 0 Å². The van der Waals surface area contributed by atoms with E-state index in [9.17, 15) is 0 Å². The Morgan fingerprint density at radius 1 is 0.538 bits per heavy atom. The zero-order chi connectivity index (χ0) is 27.4. The molecule has 0 radical (unpaired) electrons. The standard InChI is InChI=1S/C33H32O6/c1-34-25-12-7-21(8-13-25)6-9-23-16-29(38-5)20-30-31(23)32(24-17-27(36-3)19-28(18-24)37-4)33(39-30)22-10-14-26(35-2)15-11-22/h6-20,32-33H,1-5H3/b9-6-/t32-,33+/m0/s1. The Balaban J connectivity index is 1.67. The summed E-state index contributed by atoms with van der Waals surface area (Å²) in [6.45, 7) is 0. The van der Waals surface area contributed by atoms with Gasteiger partial charge in [0.2, 0.25) is 0 Å². The molecule has 0 saturated heterocycles. The molecule has 200 valence electrons. The summed E-state index contributed by atoms with van der Waals surface area (Å²) in [5.74, 6) is 4.40. The van der Waals surface area contributed by atoms with Gasteiger partial charge >= 0.3 is 0 Å². The molecule has 0 unspecified atom stereocenters. The minimum Gasteiger partial charge on any atom is -0.497 e. The SMILES string of the molecule is COc1ccc(/C=C\c2cc(OC)cc3c2[C@H](c2cc(OC)cc(OC)c2)[C@@H](c2ccc(OC)cc2)O3)cc1. The zero-order valence-corrected chi connectivity index (χ0v) is 22.8. The molecule has 0 saturated carbocycles. The maximum absolute atomic E-state index is 6.69. The lowest BCUT2D eigenvalue weighted by atomic mass is 9.82. The monoisotopic (exact) mass is 524 g/mol. The summed E-state index contributed by atoms with van der Waals surface area (Å²) in [4.78, 5) is 0. The Morgan fingerprint density at radius 2 is 1.08 bits per heavy atom. The highest BCUT2D eigenvalue weighted by Gasteiger charge is 2.39. The molecular weight excluding hydrogens is 492 g/mol. The van der Waals surface area contributed by atoms with E-state index in [1.165, 1.54) is 0 Å². The van der Waals surface area contributed by atoms with Crippen molar-refractivity contribution in [3.63, 3.8) is 0 Å². The highest BCUT2D eigenvalue weighted by molar-refractivity contribution is 5.75. The van der Waals surface area contributed by atoms with E-state index in [-0.39, 0.29) is 12.0 Å². The Morgan fingerprint density at radius 3 is 1.64 bits per heavy atom. The quantitative estimate of drug-likeness (QED) is 0.217. The number of rotatable bonds is 9. The Labute approximate surface area is 229 Å². The fourth-order valence-electron chi connectivity index (χ4n) is 4.97. The normalized spacial score (nSPS) is 15.9. The summed E-state index contributed by atoms with van der Waals surface area (Å²) in [6, 6.07) is 25.9. The number of methoxy groups -OCH3 is 5. The average molecular weight is 525 g/mol.